The quantitative estimate of drug-likeness (QED) is 0.221. The number of nitrogens with one attached hydrogen (secondary N) is 1. The van der Waals surface area contributed by atoms with Gasteiger partial charge in [-0.05, 0) is 67.9 Å². The number of hydrogen-bond donors (Lipinski definition) is 2. The Balaban J connectivity index is 1.56. The molecule has 2 heterocycles. The first-order valence-electron chi connectivity index (χ1n) is 12.9. The minimum absolute atomic E-state index is 0.113. The largest absolute Gasteiger partial charge is 0.493 e. The number of thiocarbonyl (C=S) groups is 1. The maximum absolute atomic E-state index is 13.4. The molecule has 1 aliphatic heterocycles. The van der Waals surface area contributed by atoms with Gasteiger partial charge in [-0.25, -0.2) is 8.42 Å². The number of para-hydroxylation sites is 1. The molecule has 4 aromatic rings. The molecule has 0 amide bonds. The summed E-state index contributed by atoms with van der Waals surface area (Å²) in [4.78, 5) is 0.113. The molecule has 0 bridgehead atoms. The van der Waals surface area contributed by atoms with E-state index in [2.05, 4.69) is 15.5 Å². The fourth-order valence-corrected chi connectivity index (χ4v) is 6.35. The summed E-state index contributed by atoms with van der Waals surface area (Å²) >= 11 is 5.44. The van der Waals surface area contributed by atoms with E-state index in [0.29, 0.717) is 30.7 Å². The molecule has 5 rings (SSSR count). The zero-order valence-electron chi connectivity index (χ0n) is 22.6. The monoisotopic (exact) mass is 577 g/mol. The van der Waals surface area contributed by atoms with Crippen LogP contribution in [0.5, 0.6) is 5.88 Å². The molecule has 0 saturated carbocycles. The average molecular weight is 578 g/mol. The Morgan fingerprint density at radius 1 is 1.02 bits per heavy atom. The molecule has 40 heavy (non-hydrogen) atoms. The molecule has 0 radical (unpaired) electrons. The topological polar surface area (TPSA) is 109 Å². The van der Waals surface area contributed by atoms with E-state index in [1.165, 1.54) is 4.31 Å². The van der Waals surface area contributed by atoms with Crippen molar-refractivity contribution in [2.24, 2.45) is 10.2 Å². The zero-order chi connectivity index (χ0) is 28.4. The SMILES string of the molecule is Cc1ccc(Cn2c(O)c(N=NC(=S)Nc3c(C)cccc3C)c3cc(S(=O)(=O)N4CCOCC4)ccc32)cc1. The molecule has 11 heteroatoms. The Bertz CT molecular complexity index is 1690. The van der Waals surface area contributed by atoms with Crippen molar-refractivity contribution in [3.05, 3.63) is 82.9 Å². The summed E-state index contributed by atoms with van der Waals surface area (Å²) in [6, 6.07) is 18.7. The maximum Gasteiger partial charge on any atom is 0.243 e. The van der Waals surface area contributed by atoms with E-state index < -0.39 is 10.0 Å². The molecular weight excluding hydrogens is 546 g/mol. The van der Waals surface area contributed by atoms with E-state index in [1.54, 1.807) is 22.8 Å². The van der Waals surface area contributed by atoms with Crippen molar-refractivity contribution in [2.75, 3.05) is 31.6 Å². The lowest BCUT2D eigenvalue weighted by Crippen LogP contribution is -2.40. The molecule has 2 N–H and O–H groups in total. The number of sulfonamides is 1. The second kappa shape index (κ2) is 11.5. The molecule has 0 unspecified atom stereocenters. The number of azo groups is 1. The zero-order valence-corrected chi connectivity index (χ0v) is 24.2. The first-order chi connectivity index (χ1) is 19.1. The molecule has 0 spiro atoms. The van der Waals surface area contributed by atoms with Gasteiger partial charge >= 0.3 is 0 Å². The van der Waals surface area contributed by atoms with Gasteiger partial charge in [0, 0.05) is 24.2 Å². The number of nitrogens with zero attached hydrogens (tertiary/aromatic N) is 4. The van der Waals surface area contributed by atoms with Crippen molar-refractivity contribution in [2.45, 2.75) is 32.2 Å². The first kappa shape index (κ1) is 27.9. The van der Waals surface area contributed by atoms with E-state index in [1.807, 2.05) is 63.2 Å². The Hall–Kier alpha value is -3.64. The Morgan fingerprint density at radius 3 is 2.38 bits per heavy atom. The highest BCUT2D eigenvalue weighted by Crippen LogP contribution is 2.41. The number of aryl methyl sites for hydroxylation is 3. The van der Waals surface area contributed by atoms with Crippen LogP contribution >= 0.6 is 12.2 Å². The Kier molecular flexibility index (Phi) is 7.99. The third-order valence-corrected chi connectivity index (χ3v) is 9.08. The molecule has 1 fully saturated rings. The molecule has 208 valence electrons. The third kappa shape index (κ3) is 5.64. The second-order valence-electron chi connectivity index (χ2n) is 9.84. The van der Waals surface area contributed by atoms with E-state index in [9.17, 15) is 13.5 Å². The Morgan fingerprint density at radius 2 is 1.70 bits per heavy atom. The highest BCUT2D eigenvalue weighted by Gasteiger charge is 2.28. The number of ether oxygens (including phenoxy) is 1. The number of aromatic nitrogens is 1. The predicted octanol–water partition coefficient (Wildman–Crippen LogP) is 5.82. The van der Waals surface area contributed by atoms with Gasteiger partial charge in [0.15, 0.2) is 5.69 Å². The van der Waals surface area contributed by atoms with Gasteiger partial charge < -0.3 is 19.7 Å². The van der Waals surface area contributed by atoms with E-state index in [4.69, 9.17) is 17.0 Å². The molecule has 0 aliphatic carbocycles. The van der Waals surface area contributed by atoms with Crippen molar-refractivity contribution in [1.82, 2.24) is 8.87 Å². The smallest absolute Gasteiger partial charge is 0.243 e. The molecule has 1 aromatic heterocycles. The number of fused-ring (bicyclic) bond motifs is 1. The minimum atomic E-state index is -3.77. The number of morpholine rings is 1. The molecular formula is C29H31N5O4S2. The number of rotatable bonds is 6. The minimum Gasteiger partial charge on any atom is -0.493 e. The summed E-state index contributed by atoms with van der Waals surface area (Å²) in [5.74, 6) is -0.130. The van der Waals surface area contributed by atoms with Crippen molar-refractivity contribution >= 4 is 49.6 Å². The van der Waals surface area contributed by atoms with Gasteiger partial charge in [0.25, 0.3) is 0 Å². The van der Waals surface area contributed by atoms with Gasteiger partial charge in [0.2, 0.25) is 21.0 Å². The number of benzene rings is 3. The van der Waals surface area contributed by atoms with Crippen LogP contribution < -0.4 is 5.32 Å². The number of aromatic hydroxyl groups is 1. The van der Waals surface area contributed by atoms with Crippen LogP contribution in [0.4, 0.5) is 11.4 Å². The number of hydrogen-bond acceptors (Lipinski definition) is 6. The van der Waals surface area contributed by atoms with Gasteiger partial charge in [0.05, 0.1) is 30.2 Å². The van der Waals surface area contributed by atoms with E-state index in [-0.39, 0.29) is 34.7 Å². The number of anilines is 1. The van der Waals surface area contributed by atoms with E-state index in [0.717, 1.165) is 27.9 Å². The van der Waals surface area contributed by atoms with Gasteiger partial charge in [0.1, 0.15) is 0 Å². The molecule has 3 aromatic carbocycles. The van der Waals surface area contributed by atoms with Crippen LogP contribution in [-0.2, 0) is 21.3 Å². The standard InChI is InChI=1S/C29H31N5O4S2/c1-19-7-9-22(10-8-19)18-34-25-12-11-23(40(36,37)33-13-15-38-16-14-33)17-24(25)27(28(34)35)31-32-29(39)30-26-20(2)5-4-6-21(26)3/h4-12,17,35H,13-16,18H2,1-3H3,(H,30,39). The van der Waals surface area contributed by atoms with Crippen molar-refractivity contribution in [3.63, 3.8) is 0 Å². The molecule has 0 atom stereocenters. The van der Waals surface area contributed by atoms with Crippen LogP contribution in [0.1, 0.15) is 22.3 Å². The average Bonchev–Trinajstić information content (AvgIpc) is 3.21. The summed E-state index contributed by atoms with van der Waals surface area (Å²) in [6.45, 7) is 7.57. The first-order valence-corrected chi connectivity index (χ1v) is 14.8. The summed E-state index contributed by atoms with van der Waals surface area (Å²) in [5.41, 5.74) is 5.73. The van der Waals surface area contributed by atoms with Crippen LogP contribution in [0.3, 0.4) is 0 Å². The second-order valence-corrected chi connectivity index (χ2v) is 12.2. The maximum atomic E-state index is 13.4. The fourth-order valence-electron chi connectivity index (χ4n) is 4.77. The highest BCUT2D eigenvalue weighted by molar-refractivity contribution is 7.89. The highest BCUT2D eigenvalue weighted by atomic mass is 32.2. The van der Waals surface area contributed by atoms with Gasteiger partial charge in [-0.1, -0.05) is 48.0 Å². The van der Waals surface area contributed by atoms with Crippen LogP contribution in [0.15, 0.2) is 75.8 Å². The lowest BCUT2D eigenvalue weighted by atomic mass is 10.1. The lowest BCUT2D eigenvalue weighted by Gasteiger charge is -2.26. The summed E-state index contributed by atoms with van der Waals surface area (Å²) in [6.07, 6.45) is 0. The lowest BCUT2D eigenvalue weighted by molar-refractivity contribution is 0.0730. The molecule has 9 nitrogen and oxygen atoms in total. The Labute approximate surface area is 239 Å². The fraction of sp³-hybridized carbons (Fsp3) is 0.276. The third-order valence-electron chi connectivity index (χ3n) is 7.00. The van der Waals surface area contributed by atoms with E-state index >= 15 is 0 Å². The predicted molar refractivity (Wildman–Crippen MR) is 160 cm³/mol. The van der Waals surface area contributed by atoms with Gasteiger partial charge in [-0.15, -0.1) is 10.2 Å². The van der Waals surface area contributed by atoms with Crippen molar-refractivity contribution < 1.29 is 18.3 Å². The molecule has 1 aliphatic rings. The van der Waals surface area contributed by atoms with Crippen molar-refractivity contribution in [1.29, 1.82) is 0 Å². The van der Waals surface area contributed by atoms with Gasteiger partial charge in [-0.2, -0.15) is 4.31 Å². The van der Waals surface area contributed by atoms with Crippen LogP contribution in [-0.4, -0.2) is 53.8 Å². The van der Waals surface area contributed by atoms with Crippen LogP contribution in [0, 0.1) is 20.8 Å². The molecule has 1 saturated heterocycles. The summed E-state index contributed by atoms with van der Waals surface area (Å²) < 4.78 is 35.2. The van der Waals surface area contributed by atoms with Crippen molar-refractivity contribution in [3.8, 4) is 5.88 Å². The summed E-state index contributed by atoms with van der Waals surface area (Å²) in [5, 5.41) is 23.5. The van der Waals surface area contributed by atoms with Crippen LogP contribution in [0.2, 0.25) is 0 Å². The summed E-state index contributed by atoms with van der Waals surface area (Å²) in [7, 11) is -3.77. The van der Waals surface area contributed by atoms with Crippen LogP contribution in [0.25, 0.3) is 10.9 Å². The van der Waals surface area contributed by atoms with Gasteiger partial charge in [-0.3, -0.25) is 0 Å². The normalized spacial score (nSPS) is 14.7.